The van der Waals surface area contributed by atoms with Crippen LogP contribution in [0.3, 0.4) is 0 Å². The van der Waals surface area contributed by atoms with E-state index in [2.05, 4.69) is 10.4 Å². The van der Waals surface area contributed by atoms with Crippen LogP contribution in [0, 0.1) is 0 Å². The Bertz CT molecular complexity index is 606. The smallest absolute Gasteiger partial charge is 0.0992 e. The van der Waals surface area contributed by atoms with E-state index < -0.39 is 0 Å². The molecule has 20 heavy (non-hydrogen) atoms. The predicted octanol–water partition coefficient (Wildman–Crippen LogP) is 4.51. The summed E-state index contributed by atoms with van der Waals surface area (Å²) >= 11 is 20.0. The molecule has 2 rings (SSSR count). The lowest BCUT2D eigenvalue weighted by Crippen LogP contribution is -2.20. The Hall–Kier alpha value is -0.260. The van der Waals surface area contributed by atoms with Crippen LogP contribution in [0.5, 0.6) is 0 Å². The van der Waals surface area contributed by atoms with Gasteiger partial charge in [-0.2, -0.15) is 5.10 Å². The first-order valence-corrected chi connectivity index (χ1v) is 8.25. The highest BCUT2D eigenvalue weighted by Gasteiger charge is 2.21. The van der Waals surface area contributed by atoms with E-state index >= 15 is 0 Å². The van der Waals surface area contributed by atoms with Crippen LogP contribution >= 0.6 is 46.1 Å². The maximum Gasteiger partial charge on any atom is 0.0992 e. The SMILES string of the molecule is CCc1nn(C)c(CC(NC)c2cc(Cl)sc2Cl)c1Cl. The summed E-state index contributed by atoms with van der Waals surface area (Å²) in [6.45, 7) is 2.04. The molecule has 1 unspecified atom stereocenters. The second-order valence-corrected chi connectivity index (χ2v) is 7.17. The fraction of sp³-hybridized carbons (Fsp3) is 0.462. The molecule has 0 aliphatic heterocycles. The maximum atomic E-state index is 6.40. The normalized spacial score (nSPS) is 12.9. The molecule has 3 nitrogen and oxygen atoms in total. The lowest BCUT2D eigenvalue weighted by Gasteiger charge is -2.16. The molecule has 0 spiro atoms. The number of nitrogens with zero attached hydrogens (tertiary/aromatic N) is 2. The van der Waals surface area contributed by atoms with Gasteiger partial charge in [0.1, 0.15) is 0 Å². The Kier molecular flexibility index (Phi) is 5.37. The number of aromatic nitrogens is 2. The van der Waals surface area contributed by atoms with Crippen molar-refractivity contribution in [2.75, 3.05) is 7.05 Å². The van der Waals surface area contributed by atoms with Gasteiger partial charge in [0.05, 0.1) is 25.1 Å². The number of thiophene rings is 1. The Labute approximate surface area is 137 Å². The third-order valence-corrected chi connectivity index (χ3v) is 5.26. The van der Waals surface area contributed by atoms with Gasteiger partial charge in [0.25, 0.3) is 0 Å². The van der Waals surface area contributed by atoms with Gasteiger partial charge in [0.2, 0.25) is 0 Å². The molecule has 0 bridgehead atoms. The second-order valence-electron chi connectivity index (χ2n) is 4.51. The van der Waals surface area contributed by atoms with Crippen LogP contribution in [0.1, 0.15) is 29.9 Å². The first-order chi connectivity index (χ1) is 9.47. The highest BCUT2D eigenvalue weighted by molar-refractivity contribution is 7.20. The number of rotatable bonds is 5. The van der Waals surface area contributed by atoms with Gasteiger partial charge >= 0.3 is 0 Å². The summed E-state index contributed by atoms with van der Waals surface area (Å²) in [7, 11) is 3.81. The molecule has 0 saturated carbocycles. The van der Waals surface area contributed by atoms with Crippen molar-refractivity contribution in [1.29, 1.82) is 0 Å². The molecule has 0 saturated heterocycles. The zero-order valence-electron chi connectivity index (χ0n) is 11.5. The molecular weight excluding hydrogens is 337 g/mol. The molecular formula is C13H16Cl3N3S. The Balaban J connectivity index is 2.31. The first kappa shape index (κ1) is 16.1. The predicted molar refractivity (Wildman–Crippen MR) is 87.4 cm³/mol. The Morgan fingerprint density at radius 2 is 2.10 bits per heavy atom. The van der Waals surface area contributed by atoms with Crippen molar-refractivity contribution in [2.45, 2.75) is 25.8 Å². The van der Waals surface area contributed by atoms with Crippen LogP contribution in [0.15, 0.2) is 6.07 Å². The number of hydrogen-bond acceptors (Lipinski definition) is 3. The van der Waals surface area contributed by atoms with E-state index in [1.54, 1.807) is 0 Å². The number of nitrogens with one attached hydrogen (secondary N) is 1. The van der Waals surface area contributed by atoms with Crippen LogP contribution in [0.4, 0.5) is 0 Å². The third kappa shape index (κ3) is 3.15. The van der Waals surface area contributed by atoms with Crippen molar-refractivity contribution < 1.29 is 0 Å². The largest absolute Gasteiger partial charge is 0.313 e. The van der Waals surface area contributed by atoms with Crippen molar-refractivity contribution in [2.24, 2.45) is 7.05 Å². The molecule has 0 radical (unpaired) electrons. The van der Waals surface area contributed by atoms with Gasteiger partial charge in [-0.05, 0) is 19.5 Å². The molecule has 2 aromatic heterocycles. The summed E-state index contributed by atoms with van der Waals surface area (Å²) < 4.78 is 3.24. The van der Waals surface area contributed by atoms with Crippen LogP contribution in [-0.2, 0) is 19.9 Å². The minimum atomic E-state index is 0.0591. The van der Waals surface area contributed by atoms with Crippen LogP contribution < -0.4 is 5.32 Å². The maximum absolute atomic E-state index is 6.40. The zero-order chi connectivity index (χ0) is 14.9. The number of likely N-dealkylation sites (N-methyl/N-ethyl adjacent to an activating group) is 1. The summed E-state index contributed by atoms with van der Waals surface area (Å²) in [5.74, 6) is 0. The fourth-order valence-corrected chi connectivity index (χ4v) is 4.14. The highest BCUT2D eigenvalue weighted by Crippen LogP contribution is 2.37. The van der Waals surface area contributed by atoms with Gasteiger partial charge in [0, 0.05) is 25.1 Å². The molecule has 1 N–H and O–H groups in total. The molecule has 0 aliphatic carbocycles. The fourth-order valence-electron chi connectivity index (χ4n) is 2.19. The number of aryl methyl sites for hydroxylation is 2. The van der Waals surface area contributed by atoms with E-state index in [0.29, 0.717) is 15.1 Å². The Morgan fingerprint density at radius 3 is 2.55 bits per heavy atom. The molecule has 0 amide bonds. The number of halogens is 3. The van der Waals surface area contributed by atoms with Crippen molar-refractivity contribution >= 4 is 46.1 Å². The standard InChI is InChI=1S/C13H16Cl3N3S/c1-4-8-12(15)10(19(3)18-8)6-9(17-2)7-5-11(14)20-13(7)16/h5,9,17H,4,6H2,1-3H3. The average Bonchev–Trinajstić information content (AvgIpc) is 2.87. The van der Waals surface area contributed by atoms with E-state index in [0.717, 1.165) is 28.4 Å². The average molecular weight is 353 g/mol. The number of hydrogen-bond donors (Lipinski definition) is 1. The molecule has 0 aliphatic rings. The summed E-state index contributed by atoms with van der Waals surface area (Å²) in [5.41, 5.74) is 2.93. The minimum Gasteiger partial charge on any atom is -0.313 e. The van der Waals surface area contributed by atoms with Gasteiger partial charge in [-0.15, -0.1) is 11.3 Å². The second kappa shape index (κ2) is 6.67. The molecule has 7 heteroatoms. The first-order valence-electron chi connectivity index (χ1n) is 6.30. The van der Waals surface area contributed by atoms with Crippen molar-refractivity contribution in [3.8, 4) is 0 Å². The van der Waals surface area contributed by atoms with Gasteiger partial charge in [-0.3, -0.25) is 4.68 Å². The van der Waals surface area contributed by atoms with Crippen molar-refractivity contribution in [3.63, 3.8) is 0 Å². The quantitative estimate of drug-likeness (QED) is 0.858. The lowest BCUT2D eigenvalue weighted by molar-refractivity contribution is 0.562. The van der Waals surface area contributed by atoms with Crippen LogP contribution in [0.2, 0.25) is 13.7 Å². The van der Waals surface area contributed by atoms with Gasteiger partial charge in [-0.25, -0.2) is 0 Å². The van der Waals surface area contributed by atoms with E-state index in [9.17, 15) is 0 Å². The lowest BCUT2D eigenvalue weighted by atomic mass is 10.0. The van der Waals surface area contributed by atoms with E-state index in [4.69, 9.17) is 34.8 Å². The van der Waals surface area contributed by atoms with E-state index in [-0.39, 0.29) is 6.04 Å². The third-order valence-electron chi connectivity index (χ3n) is 3.31. The monoisotopic (exact) mass is 351 g/mol. The molecule has 110 valence electrons. The summed E-state index contributed by atoms with van der Waals surface area (Å²) in [4.78, 5) is 0. The van der Waals surface area contributed by atoms with Crippen molar-refractivity contribution in [3.05, 3.63) is 36.7 Å². The van der Waals surface area contributed by atoms with Gasteiger partial charge in [-0.1, -0.05) is 41.7 Å². The molecule has 1 atom stereocenters. The zero-order valence-corrected chi connectivity index (χ0v) is 14.6. The molecule has 2 aromatic rings. The van der Waals surface area contributed by atoms with Crippen LogP contribution in [0.25, 0.3) is 0 Å². The van der Waals surface area contributed by atoms with Crippen molar-refractivity contribution in [1.82, 2.24) is 15.1 Å². The topological polar surface area (TPSA) is 29.9 Å². The summed E-state index contributed by atoms with van der Waals surface area (Å²) in [5, 5.41) is 8.45. The summed E-state index contributed by atoms with van der Waals surface area (Å²) in [6.07, 6.45) is 1.54. The van der Waals surface area contributed by atoms with Gasteiger partial charge < -0.3 is 5.32 Å². The highest BCUT2D eigenvalue weighted by atomic mass is 35.5. The van der Waals surface area contributed by atoms with Gasteiger partial charge in [0.15, 0.2) is 0 Å². The van der Waals surface area contributed by atoms with E-state index in [1.807, 2.05) is 31.8 Å². The summed E-state index contributed by atoms with van der Waals surface area (Å²) in [6, 6.07) is 1.96. The molecule has 0 aromatic carbocycles. The molecule has 2 heterocycles. The Morgan fingerprint density at radius 1 is 1.40 bits per heavy atom. The molecule has 0 fully saturated rings. The van der Waals surface area contributed by atoms with Crippen LogP contribution in [-0.4, -0.2) is 16.8 Å². The van der Waals surface area contributed by atoms with E-state index in [1.165, 1.54) is 11.3 Å². The minimum absolute atomic E-state index is 0.0591.